The molecule has 0 aliphatic carbocycles. The standard InChI is InChI=1S/C12H19N2Si/c1-5-6-10-9(4)11(13)7(2)8(3)12(10)14-15/h14H,5-6,13H2,1-4H3. The van der Waals surface area contributed by atoms with Crippen molar-refractivity contribution in [2.24, 2.45) is 0 Å². The van der Waals surface area contributed by atoms with Crippen LogP contribution in [0.4, 0.5) is 11.4 Å². The van der Waals surface area contributed by atoms with Gasteiger partial charge in [-0.15, -0.1) is 0 Å². The second-order valence-corrected chi connectivity index (χ2v) is 4.27. The Bertz CT molecular complexity index is 373. The van der Waals surface area contributed by atoms with Crippen molar-refractivity contribution in [3.8, 4) is 0 Å². The highest BCUT2D eigenvalue weighted by molar-refractivity contribution is 6.16. The van der Waals surface area contributed by atoms with Crippen molar-refractivity contribution >= 4 is 21.8 Å². The van der Waals surface area contributed by atoms with Crippen LogP contribution in [0.15, 0.2) is 0 Å². The van der Waals surface area contributed by atoms with Gasteiger partial charge in [-0.3, -0.25) is 0 Å². The van der Waals surface area contributed by atoms with Gasteiger partial charge in [-0.25, -0.2) is 0 Å². The van der Waals surface area contributed by atoms with Crippen molar-refractivity contribution in [2.75, 3.05) is 10.7 Å². The number of nitrogen functional groups attached to an aromatic ring is 1. The van der Waals surface area contributed by atoms with Gasteiger partial charge < -0.3 is 10.7 Å². The fourth-order valence-electron chi connectivity index (χ4n) is 1.98. The molecular formula is C12H19N2Si. The Balaban J connectivity index is 3.47. The number of benzene rings is 1. The molecular weight excluding hydrogens is 200 g/mol. The maximum atomic E-state index is 6.09. The highest BCUT2D eigenvalue weighted by atomic mass is 28.2. The summed E-state index contributed by atoms with van der Waals surface area (Å²) >= 11 is 0. The van der Waals surface area contributed by atoms with Crippen LogP contribution in [-0.2, 0) is 6.42 Å². The number of nitrogens with one attached hydrogen (secondary N) is 1. The van der Waals surface area contributed by atoms with Gasteiger partial charge in [0.2, 0.25) is 0 Å². The third-order valence-corrected chi connectivity index (χ3v) is 3.37. The Hall–Kier alpha value is -0.963. The van der Waals surface area contributed by atoms with Gasteiger partial charge in [0.25, 0.3) is 0 Å². The minimum absolute atomic E-state index is 0.932. The predicted molar refractivity (Wildman–Crippen MR) is 68.4 cm³/mol. The van der Waals surface area contributed by atoms with Crippen molar-refractivity contribution < 1.29 is 0 Å². The van der Waals surface area contributed by atoms with Gasteiger partial charge in [-0.05, 0) is 49.4 Å². The van der Waals surface area contributed by atoms with Crippen LogP contribution in [-0.4, -0.2) is 10.4 Å². The van der Waals surface area contributed by atoms with E-state index in [1.807, 2.05) is 0 Å². The van der Waals surface area contributed by atoms with Crippen LogP contribution in [0.2, 0.25) is 0 Å². The van der Waals surface area contributed by atoms with Crippen LogP contribution in [0.3, 0.4) is 0 Å². The van der Waals surface area contributed by atoms with E-state index in [0.29, 0.717) is 0 Å². The second-order valence-electron chi connectivity index (χ2n) is 4.02. The van der Waals surface area contributed by atoms with Gasteiger partial charge in [0, 0.05) is 11.4 Å². The van der Waals surface area contributed by atoms with E-state index < -0.39 is 0 Å². The minimum atomic E-state index is 0.932. The normalized spacial score (nSPS) is 10.5. The van der Waals surface area contributed by atoms with E-state index >= 15 is 0 Å². The lowest BCUT2D eigenvalue weighted by Crippen LogP contribution is -2.07. The summed E-state index contributed by atoms with van der Waals surface area (Å²) in [4.78, 5) is 3.11. The van der Waals surface area contributed by atoms with Gasteiger partial charge in [0.05, 0.1) is 0 Å². The molecule has 1 rings (SSSR count). The van der Waals surface area contributed by atoms with E-state index in [9.17, 15) is 0 Å². The molecule has 0 aromatic heterocycles. The third-order valence-electron chi connectivity index (χ3n) is 3.12. The van der Waals surface area contributed by atoms with Crippen LogP contribution in [0.25, 0.3) is 0 Å². The van der Waals surface area contributed by atoms with E-state index in [2.05, 4.69) is 43.1 Å². The van der Waals surface area contributed by atoms with Crippen molar-refractivity contribution in [3.05, 3.63) is 22.3 Å². The Morgan fingerprint density at radius 1 is 1.13 bits per heavy atom. The number of nitrogens with two attached hydrogens (primary N) is 1. The molecule has 2 nitrogen and oxygen atoms in total. The SMILES string of the molecule is CCCc1c(C)c(N)c(C)c(C)c1N[Si]. The monoisotopic (exact) mass is 219 g/mol. The highest BCUT2D eigenvalue weighted by Gasteiger charge is 2.13. The summed E-state index contributed by atoms with van der Waals surface area (Å²) < 4.78 is 0. The molecule has 0 aliphatic rings. The van der Waals surface area contributed by atoms with E-state index in [4.69, 9.17) is 5.73 Å². The van der Waals surface area contributed by atoms with Crippen LogP contribution >= 0.6 is 0 Å². The zero-order chi connectivity index (χ0) is 11.6. The summed E-state index contributed by atoms with van der Waals surface area (Å²) in [5, 5.41) is 0. The summed E-state index contributed by atoms with van der Waals surface area (Å²) in [5.74, 6) is 0. The first kappa shape index (κ1) is 12.1. The van der Waals surface area contributed by atoms with Gasteiger partial charge in [0.1, 0.15) is 0 Å². The van der Waals surface area contributed by atoms with E-state index in [0.717, 1.165) is 18.5 Å². The number of hydrogen-bond acceptors (Lipinski definition) is 2. The molecule has 0 fully saturated rings. The topological polar surface area (TPSA) is 38.0 Å². The highest BCUT2D eigenvalue weighted by Crippen LogP contribution is 2.33. The van der Waals surface area contributed by atoms with Crippen LogP contribution in [0.1, 0.15) is 35.6 Å². The zero-order valence-electron chi connectivity index (χ0n) is 9.99. The molecule has 0 heterocycles. The Morgan fingerprint density at radius 3 is 2.20 bits per heavy atom. The third kappa shape index (κ3) is 2.02. The lowest BCUT2D eigenvalue weighted by atomic mass is 9.93. The first-order chi connectivity index (χ1) is 7.04. The average molecular weight is 219 g/mol. The summed E-state index contributed by atoms with van der Waals surface area (Å²) in [5.41, 5.74) is 13.1. The summed E-state index contributed by atoms with van der Waals surface area (Å²) in [6, 6.07) is 0. The minimum Gasteiger partial charge on any atom is -0.412 e. The van der Waals surface area contributed by atoms with Gasteiger partial charge in [-0.1, -0.05) is 13.3 Å². The first-order valence-corrected chi connectivity index (χ1v) is 5.85. The van der Waals surface area contributed by atoms with Gasteiger partial charge in [0.15, 0.2) is 10.4 Å². The van der Waals surface area contributed by atoms with E-state index in [-0.39, 0.29) is 0 Å². The quantitative estimate of drug-likeness (QED) is 0.606. The largest absolute Gasteiger partial charge is 0.412 e. The molecule has 0 atom stereocenters. The number of rotatable bonds is 3. The smallest absolute Gasteiger partial charge is 0.186 e. The molecule has 0 saturated heterocycles. The van der Waals surface area contributed by atoms with Crippen molar-refractivity contribution in [3.63, 3.8) is 0 Å². The second kappa shape index (κ2) is 4.70. The molecule has 0 saturated carbocycles. The lowest BCUT2D eigenvalue weighted by Gasteiger charge is -2.19. The van der Waals surface area contributed by atoms with Crippen LogP contribution < -0.4 is 10.7 Å². The van der Waals surface area contributed by atoms with E-state index in [1.54, 1.807) is 0 Å². The molecule has 1 aromatic rings. The van der Waals surface area contributed by atoms with Crippen LogP contribution in [0, 0.1) is 20.8 Å². The summed E-state index contributed by atoms with van der Waals surface area (Å²) in [7, 11) is 3.38. The molecule has 1 aromatic carbocycles. The molecule has 15 heavy (non-hydrogen) atoms. The van der Waals surface area contributed by atoms with Crippen molar-refractivity contribution in [1.29, 1.82) is 0 Å². The molecule has 0 unspecified atom stereocenters. The predicted octanol–water partition coefficient (Wildman–Crippen LogP) is 2.64. The Morgan fingerprint density at radius 2 is 1.73 bits per heavy atom. The molecule has 0 aliphatic heterocycles. The summed E-state index contributed by atoms with van der Waals surface area (Å²) in [6.45, 7) is 8.45. The molecule has 0 bridgehead atoms. The average Bonchev–Trinajstić information content (AvgIpc) is 2.24. The van der Waals surface area contributed by atoms with Crippen molar-refractivity contribution in [1.82, 2.24) is 0 Å². The number of anilines is 2. The summed E-state index contributed by atoms with van der Waals surface area (Å²) in [6.07, 6.45) is 2.19. The fraction of sp³-hybridized carbons (Fsp3) is 0.500. The first-order valence-electron chi connectivity index (χ1n) is 5.35. The van der Waals surface area contributed by atoms with Gasteiger partial charge in [-0.2, -0.15) is 0 Å². The maximum absolute atomic E-state index is 6.09. The molecule has 3 radical (unpaired) electrons. The molecule has 3 N–H and O–H groups in total. The van der Waals surface area contributed by atoms with Crippen molar-refractivity contribution in [2.45, 2.75) is 40.5 Å². The Labute approximate surface area is 95.8 Å². The Kier molecular flexibility index (Phi) is 3.80. The van der Waals surface area contributed by atoms with Crippen LogP contribution in [0.5, 0.6) is 0 Å². The molecule has 0 amide bonds. The lowest BCUT2D eigenvalue weighted by molar-refractivity contribution is 0.913. The van der Waals surface area contributed by atoms with Gasteiger partial charge >= 0.3 is 0 Å². The molecule has 3 heteroatoms. The fourth-order valence-corrected chi connectivity index (χ4v) is 2.32. The number of hydrogen-bond donors (Lipinski definition) is 2. The zero-order valence-corrected chi connectivity index (χ0v) is 11.0. The molecule has 81 valence electrons. The maximum Gasteiger partial charge on any atom is 0.186 e. The van der Waals surface area contributed by atoms with E-state index in [1.165, 1.54) is 27.9 Å². The molecule has 0 spiro atoms.